The van der Waals surface area contributed by atoms with Crippen LogP contribution in [-0.4, -0.2) is 48.6 Å². The van der Waals surface area contributed by atoms with E-state index in [-0.39, 0.29) is 0 Å². The fourth-order valence-corrected chi connectivity index (χ4v) is 2.09. The molecule has 1 aliphatic rings. The van der Waals surface area contributed by atoms with Crippen LogP contribution < -0.4 is 0 Å². The van der Waals surface area contributed by atoms with Crippen LogP contribution >= 0.6 is 0 Å². The van der Waals surface area contributed by atoms with Crippen molar-refractivity contribution in [3.8, 4) is 0 Å². The number of piperazine rings is 1. The molecule has 13 heavy (non-hydrogen) atoms. The van der Waals surface area contributed by atoms with Crippen molar-refractivity contribution >= 4 is 0 Å². The van der Waals surface area contributed by atoms with Gasteiger partial charge >= 0.3 is 0 Å². The van der Waals surface area contributed by atoms with Crippen LogP contribution in [0.2, 0.25) is 0 Å². The molecule has 1 rings (SSSR count). The minimum Gasteiger partial charge on any atom is -0.301 e. The molecule has 0 saturated carbocycles. The number of rotatable bonds is 2. The first-order chi connectivity index (χ1) is 6.00. The van der Waals surface area contributed by atoms with Gasteiger partial charge in [0.2, 0.25) is 0 Å². The lowest BCUT2D eigenvalue weighted by Gasteiger charge is -2.43. The highest BCUT2D eigenvalue weighted by Crippen LogP contribution is 2.14. The van der Waals surface area contributed by atoms with Crippen molar-refractivity contribution in [2.24, 2.45) is 5.92 Å². The lowest BCUT2D eigenvalue weighted by atomic mass is 10.1. The van der Waals surface area contributed by atoms with E-state index >= 15 is 0 Å². The third kappa shape index (κ3) is 2.96. The molecule has 0 aliphatic carbocycles. The summed E-state index contributed by atoms with van der Waals surface area (Å²) in [5, 5.41) is 0. The van der Waals surface area contributed by atoms with Gasteiger partial charge in [0.1, 0.15) is 0 Å². The Balaban J connectivity index is 2.46. The molecule has 0 aromatic heterocycles. The molecule has 0 aromatic carbocycles. The third-order valence-corrected chi connectivity index (χ3v) is 3.03. The topological polar surface area (TPSA) is 6.48 Å². The molecule has 0 amide bonds. The van der Waals surface area contributed by atoms with Gasteiger partial charge in [-0.2, -0.15) is 0 Å². The van der Waals surface area contributed by atoms with Crippen molar-refractivity contribution in [1.82, 2.24) is 9.80 Å². The maximum Gasteiger partial charge on any atom is 0.0195 e. The van der Waals surface area contributed by atoms with E-state index in [1.807, 2.05) is 0 Å². The Morgan fingerprint density at radius 1 is 1.15 bits per heavy atom. The first-order valence-electron chi connectivity index (χ1n) is 5.45. The summed E-state index contributed by atoms with van der Waals surface area (Å²) in [7, 11) is 2.23. The van der Waals surface area contributed by atoms with Gasteiger partial charge in [0.05, 0.1) is 0 Å². The van der Waals surface area contributed by atoms with Crippen LogP contribution in [0.15, 0.2) is 0 Å². The lowest BCUT2D eigenvalue weighted by molar-refractivity contribution is 0.0520. The highest BCUT2D eigenvalue weighted by atomic mass is 15.3. The van der Waals surface area contributed by atoms with E-state index in [4.69, 9.17) is 0 Å². The standard InChI is InChI=1S/C11H24N2/c1-9(2)6-13-8-10(3)12(5)7-11(13)4/h9-11H,6-8H2,1-5H3/t10-,11-/m1/s1. The normalized spacial score (nSPS) is 32.8. The lowest BCUT2D eigenvalue weighted by Crippen LogP contribution is -2.55. The van der Waals surface area contributed by atoms with Crippen LogP contribution in [0.25, 0.3) is 0 Å². The Hall–Kier alpha value is -0.0800. The van der Waals surface area contributed by atoms with Crippen LogP contribution in [0.1, 0.15) is 27.7 Å². The molecule has 78 valence electrons. The predicted octanol–water partition coefficient (Wildman–Crippen LogP) is 1.67. The van der Waals surface area contributed by atoms with Gasteiger partial charge in [-0.1, -0.05) is 13.8 Å². The summed E-state index contributed by atoms with van der Waals surface area (Å²) in [6, 6.07) is 1.44. The Bertz CT molecular complexity index is 156. The van der Waals surface area contributed by atoms with E-state index in [1.54, 1.807) is 0 Å². The molecular weight excluding hydrogens is 160 g/mol. The minimum atomic E-state index is 0.718. The Labute approximate surface area is 82.9 Å². The first-order valence-corrected chi connectivity index (χ1v) is 5.45. The average Bonchev–Trinajstić information content (AvgIpc) is 1.99. The summed E-state index contributed by atoms with van der Waals surface area (Å²) >= 11 is 0. The van der Waals surface area contributed by atoms with Gasteiger partial charge in [-0.3, -0.25) is 4.90 Å². The van der Waals surface area contributed by atoms with Crippen LogP contribution in [-0.2, 0) is 0 Å². The summed E-state index contributed by atoms with van der Waals surface area (Å²) < 4.78 is 0. The molecule has 2 nitrogen and oxygen atoms in total. The number of nitrogens with zero attached hydrogens (tertiary/aromatic N) is 2. The fourth-order valence-electron chi connectivity index (χ4n) is 2.09. The predicted molar refractivity (Wildman–Crippen MR) is 58.0 cm³/mol. The molecule has 0 bridgehead atoms. The van der Waals surface area contributed by atoms with E-state index in [1.165, 1.54) is 19.6 Å². The van der Waals surface area contributed by atoms with E-state index in [9.17, 15) is 0 Å². The molecule has 1 aliphatic heterocycles. The Morgan fingerprint density at radius 2 is 1.77 bits per heavy atom. The zero-order chi connectivity index (χ0) is 10.0. The van der Waals surface area contributed by atoms with Crippen molar-refractivity contribution in [2.45, 2.75) is 39.8 Å². The van der Waals surface area contributed by atoms with Gasteiger partial charge in [-0.05, 0) is 26.8 Å². The van der Waals surface area contributed by atoms with E-state index in [2.05, 4.69) is 44.5 Å². The molecular formula is C11H24N2. The van der Waals surface area contributed by atoms with Crippen LogP contribution in [0.5, 0.6) is 0 Å². The number of hydrogen-bond donors (Lipinski definition) is 0. The maximum atomic E-state index is 2.62. The smallest absolute Gasteiger partial charge is 0.0195 e. The van der Waals surface area contributed by atoms with Gasteiger partial charge in [-0.25, -0.2) is 0 Å². The van der Waals surface area contributed by atoms with Crippen LogP contribution in [0.4, 0.5) is 0 Å². The van der Waals surface area contributed by atoms with Gasteiger partial charge < -0.3 is 4.90 Å². The fraction of sp³-hybridized carbons (Fsp3) is 1.00. The van der Waals surface area contributed by atoms with Gasteiger partial charge in [-0.15, -0.1) is 0 Å². The molecule has 0 aromatic rings. The second-order valence-corrected chi connectivity index (χ2v) is 4.99. The average molecular weight is 184 g/mol. The van der Waals surface area contributed by atoms with Gasteiger partial charge in [0.15, 0.2) is 0 Å². The van der Waals surface area contributed by atoms with Gasteiger partial charge in [0.25, 0.3) is 0 Å². The van der Waals surface area contributed by atoms with Crippen molar-refractivity contribution in [3.05, 3.63) is 0 Å². The highest BCUT2D eigenvalue weighted by molar-refractivity contribution is 4.82. The van der Waals surface area contributed by atoms with E-state index in [0.29, 0.717) is 0 Å². The third-order valence-electron chi connectivity index (χ3n) is 3.03. The molecule has 1 heterocycles. The first kappa shape index (κ1) is 11.0. The molecule has 0 N–H and O–H groups in total. The monoisotopic (exact) mass is 184 g/mol. The van der Waals surface area contributed by atoms with Crippen molar-refractivity contribution in [1.29, 1.82) is 0 Å². The molecule has 0 unspecified atom stereocenters. The maximum absolute atomic E-state index is 2.62. The Morgan fingerprint density at radius 3 is 2.31 bits per heavy atom. The van der Waals surface area contributed by atoms with Crippen LogP contribution in [0, 0.1) is 5.92 Å². The van der Waals surface area contributed by atoms with Crippen molar-refractivity contribution in [3.63, 3.8) is 0 Å². The second-order valence-electron chi connectivity index (χ2n) is 4.99. The summed E-state index contributed by atoms with van der Waals surface area (Å²) in [5.74, 6) is 0.790. The number of hydrogen-bond acceptors (Lipinski definition) is 2. The molecule has 2 heteroatoms. The number of likely N-dealkylation sites (N-methyl/N-ethyl adjacent to an activating group) is 1. The summed E-state index contributed by atoms with van der Waals surface area (Å²) in [5.41, 5.74) is 0. The summed E-state index contributed by atoms with van der Waals surface area (Å²) in [6.07, 6.45) is 0. The van der Waals surface area contributed by atoms with Crippen LogP contribution in [0.3, 0.4) is 0 Å². The molecule has 2 atom stereocenters. The summed E-state index contributed by atoms with van der Waals surface area (Å²) in [6.45, 7) is 13.0. The van der Waals surface area contributed by atoms with Crippen molar-refractivity contribution in [2.75, 3.05) is 26.7 Å². The molecule has 0 spiro atoms. The van der Waals surface area contributed by atoms with E-state index in [0.717, 1.165) is 18.0 Å². The van der Waals surface area contributed by atoms with Gasteiger partial charge in [0, 0.05) is 31.7 Å². The zero-order valence-corrected chi connectivity index (χ0v) is 9.75. The zero-order valence-electron chi connectivity index (χ0n) is 9.75. The quantitative estimate of drug-likeness (QED) is 0.644. The summed E-state index contributed by atoms with van der Waals surface area (Å²) in [4.78, 5) is 5.08. The van der Waals surface area contributed by atoms with Crippen molar-refractivity contribution < 1.29 is 0 Å². The molecule has 1 saturated heterocycles. The highest BCUT2D eigenvalue weighted by Gasteiger charge is 2.26. The largest absolute Gasteiger partial charge is 0.301 e. The SMILES string of the molecule is CC(C)CN1C[C@@H](C)N(C)C[C@H]1C. The molecule has 1 fully saturated rings. The van der Waals surface area contributed by atoms with E-state index < -0.39 is 0 Å². The molecule has 0 radical (unpaired) electrons. The second kappa shape index (κ2) is 4.43. The Kier molecular flexibility index (Phi) is 3.74. The minimum absolute atomic E-state index is 0.718.